The summed E-state index contributed by atoms with van der Waals surface area (Å²) < 4.78 is 27.4. The highest BCUT2D eigenvalue weighted by atomic mass is 32.2. The quantitative estimate of drug-likeness (QED) is 0.876. The molecule has 0 aliphatic rings. The lowest BCUT2D eigenvalue weighted by atomic mass is 10.2. The average molecular weight is 286 g/mol. The number of hydrogen-bond acceptors (Lipinski definition) is 4. The zero-order valence-electron chi connectivity index (χ0n) is 11.1. The number of nitrogens with one attached hydrogen (secondary N) is 1. The van der Waals surface area contributed by atoms with E-state index in [0.717, 1.165) is 0 Å². The molecule has 106 valence electrons. The fraction of sp³-hybridized carbons (Fsp3) is 0.417. The molecule has 0 fully saturated rings. The number of nitrogens with two attached hydrogens (primary N) is 1. The molecule has 1 rings (SSSR count). The molecular weight excluding hydrogens is 268 g/mol. The number of ether oxygens (including phenoxy) is 1. The Balaban J connectivity index is 2.67. The second kappa shape index (κ2) is 5.58. The van der Waals surface area contributed by atoms with Crippen LogP contribution in [-0.2, 0) is 21.3 Å². The monoisotopic (exact) mass is 286 g/mol. The van der Waals surface area contributed by atoms with Crippen LogP contribution in [0, 0.1) is 0 Å². The van der Waals surface area contributed by atoms with Crippen molar-refractivity contribution in [1.82, 2.24) is 5.32 Å². The summed E-state index contributed by atoms with van der Waals surface area (Å²) in [5.74, 6) is 0. The first-order chi connectivity index (χ1) is 8.58. The molecule has 0 spiro atoms. The molecule has 0 radical (unpaired) electrons. The van der Waals surface area contributed by atoms with Crippen LogP contribution >= 0.6 is 0 Å². The first-order valence-electron chi connectivity index (χ1n) is 5.66. The lowest BCUT2D eigenvalue weighted by Crippen LogP contribution is -2.32. The average Bonchev–Trinajstić information content (AvgIpc) is 2.23. The smallest absolute Gasteiger partial charge is 0.407 e. The summed E-state index contributed by atoms with van der Waals surface area (Å²) in [5.41, 5.74) is 0.0457. The van der Waals surface area contributed by atoms with Crippen LogP contribution in [0.1, 0.15) is 26.3 Å². The van der Waals surface area contributed by atoms with Gasteiger partial charge in [0.2, 0.25) is 10.0 Å². The molecule has 7 heteroatoms. The van der Waals surface area contributed by atoms with Gasteiger partial charge >= 0.3 is 6.09 Å². The van der Waals surface area contributed by atoms with E-state index in [1.165, 1.54) is 12.1 Å². The summed E-state index contributed by atoms with van der Waals surface area (Å²) in [6.45, 7) is 5.44. The first kappa shape index (κ1) is 15.5. The third-order valence-electron chi connectivity index (χ3n) is 2.06. The predicted octanol–water partition coefficient (Wildman–Crippen LogP) is 1.36. The van der Waals surface area contributed by atoms with Crippen molar-refractivity contribution in [2.75, 3.05) is 0 Å². The van der Waals surface area contributed by atoms with Crippen LogP contribution in [0.15, 0.2) is 29.2 Å². The van der Waals surface area contributed by atoms with Gasteiger partial charge in [-0.3, -0.25) is 0 Å². The number of amides is 1. The van der Waals surface area contributed by atoms with Gasteiger partial charge in [0.05, 0.1) is 4.90 Å². The summed E-state index contributed by atoms with van der Waals surface area (Å²) in [5, 5.41) is 7.56. The largest absolute Gasteiger partial charge is 0.444 e. The highest BCUT2D eigenvalue weighted by molar-refractivity contribution is 7.89. The number of rotatable bonds is 3. The number of carbonyl (C=O) groups excluding carboxylic acids is 1. The van der Waals surface area contributed by atoms with E-state index in [1.54, 1.807) is 32.9 Å². The van der Waals surface area contributed by atoms with E-state index in [4.69, 9.17) is 9.88 Å². The van der Waals surface area contributed by atoms with E-state index < -0.39 is 21.7 Å². The predicted molar refractivity (Wildman–Crippen MR) is 70.9 cm³/mol. The maximum absolute atomic E-state index is 11.4. The fourth-order valence-corrected chi connectivity index (χ4v) is 1.90. The van der Waals surface area contributed by atoms with E-state index in [-0.39, 0.29) is 11.4 Å². The number of primary sulfonamides is 1. The van der Waals surface area contributed by atoms with Gasteiger partial charge in [-0.05, 0) is 38.5 Å². The maximum atomic E-state index is 11.4. The van der Waals surface area contributed by atoms with Crippen molar-refractivity contribution < 1.29 is 17.9 Å². The Morgan fingerprint density at radius 1 is 1.37 bits per heavy atom. The van der Waals surface area contributed by atoms with E-state index >= 15 is 0 Å². The molecule has 0 unspecified atom stereocenters. The van der Waals surface area contributed by atoms with Crippen molar-refractivity contribution in [2.24, 2.45) is 5.14 Å². The molecule has 0 bridgehead atoms. The van der Waals surface area contributed by atoms with Gasteiger partial charge in [0.1, 0.15) is 5.60 Å². The third kappa shape index (κ3) is 5.71. The van der Waals surface area contributed by atoms with Gasteiger partial charge in [-0.25, -0.2) is 18.4 Å². The summed E-state index contributed by atoms with van der Waals surface area (Å²) in [6.07, 6.45) is -0.562. The number of alkyl carbamates (subject to hydrolysis) is 1. The Bertz CT molecular complexity index is 561. The van der Waals surface area contributed by atoms with E-state index in [2.05, 4.69) is 5.32 Å². The molecule has 0 aliphatic carbocycles. The Kier molecular flexibility index (Phi) is 4.54. The first-order valence-corrected chi connectivity index (χ1v) is 7.21. The molecule has 1 aromatic rings. The van der Waals surface area contributed by atoms with E-state index in [9.17, 15) is 13.2 Å². The van der Waals surface area contributed by atoms with Crippen molar-refractivity contribution in [1.29, 1.82) is 0 Å². The van der Waals surface area contributed by atoms with Gasteiger partial charge in [0, 0.05) is 6.54 Å². The van der Waals surface area contributed by atoms with E-state index in [1.807, 2.05) is 0 Å². The van der Waals surface area contributed by atoms with Crippen molar-refractivity contribution in [2.45, 2.75) is 37.8 Å². The lowest BCUT2D eigenvalue weighted by Gasteiger charge is -2.19. The van der Waals surface area contributed by atoms with Gasteiger partial charge < -0.3 is 10.1 Å². The Labute approximate surface area is 113 Å². The van der Waals surface area contributed by atoms with Crippen LogP contribution in [0.5, 0.6) is 0 Å². The zero-order chi connectivity index (χ0) is 14.7. The van der Waals surface area contributed by atoms with Gasteiger partial charge in [0.25, 0.3) is 0 Å². The van der Waals surface area contributed by atoms with Crippen molar-refractivity contribution in [3.63, 3.8) is 0 Å². The van der Waals surface area contributed by atoms with Crippen LogP contribution in [0.25, 0.3) is 0 Å². The normalized spacial score (nSPS) is 12.0. The maximum Gasteiger partial charge on any atom is 0.407 e. The Morgan fingerprint density at radius 2 is 2.00 bits per heavy atom. The standard InChI is InChI=1S/C12H18N2O4S/c1-12(2,3)18-11(15)14-8-9-5-4-6-10(7-9)19(13,16)17/h4-7H,8H2,1-3H3,(H,14,15)(H2,13,16,17). The minimum absolute atomic E-state index is 0.0102. The molecule has 0 aromatic heterocycles. The number of benzene rings is 1. The van der Waals surface area contributed by atoms with Crippen LogP contribution in [-0.4, -0.2) is 20.1 Å². The molecule has 19 heavy (non-hydrogen) atoms. The molecule has 0 aliphatic heterocycles. The van der Waals surface area contributed by atoms with Crippen LogP contribution in [0.2, 0.25) is 0 Å². The molecule has 0 heterocycles. The van der Waals surface area contributed by atoms with Crippen LogP contribution < -0.4 is 10.5 Å². The summed E-state index contributed by atoms with van der Waals surface area (Å²) in [4.78, 5) is 11.4. The third-order valence-corrected chi connectivity index (χ3v) is 2.97. The minimum Gasteiger partial charge on any atom is -0.444 e. The van der Waals surface area contributed by atoms with E-state index in [0.29, 0.717) is 5.56 Å². The SMILES string of the molecule is CC(C)(C)OC(=O)NCc1cccc(S(N)(=O)=O)c1. The Hall–Kier alpha value is -1.60. The molecule has 6 nitrogen and oxygen atoms in total. The van der Waals surface area contributed by atoms with Crippen molar-refractivity contribution in [3.05, 3.63) is 29.8 Å². The number of hydrogen-bond donors (Lipinski definition) is 2. The fourth-order valence-electron chi connectivity index (χ4n) is 1.32. The molecule has 0 saturated carbocycles. The lowest BCUT2D eigenvalue weighted by molar-refractivity contribution is 0.0523. The van der Waals surface area contributed by atoms with Gasteiger partial charge in [0.15, 0.2) is 0 Å². The molecular formula is C12H18N2O4S. The number of sulfonamides is 1. The molecule has 3 N–H and O–H groups in total. The van der Waals surface area contributed by atoms with Crippen molar-refractivity contribution >= 4 is 16.1 Å². The highest BCUT2D eigenvalue weighted by Gasteiger charge is 2.16. The minimum atomic E-state index is -3.74. The summed E-state index contributed by atoms with van der Waals surface area (Å²) in [6, 6.07) is 6.05. The summed E-state index contributed by atoms with van der Waals surface area (Å²) in [7, 11) is -3.74. The molecule has 1 amide bonds. The van der Waals surface area contributed by atoms with Crippen molar-refractivity contribution in [3.8, 4) is 0 Å². The number of carbonyl (C=O) groups is 1. The molecule has 0 saturated heterocycles. The highest BCUT2D eigenvalue weighted by Crippen LogP contribution is 2.10. The topological polar surface area (TPSA) is 98.5 Å². The van der Waals surface area contributed by atoms with Crippen LogP contribution in [0.4, 0.5) is 4.79 Å². The second-order valence-corrected chi connectivity index (χ2v) is 6.61. The Morgan fingerprint density at radius 3 is 2.53 bits per heavy atom. The zero-order valence-corrected chi connectivity index (χ0v) is 12.0. The van der Waals surface area contributed by atoms with Crippen LogP contribution in [0.3, 0.4) is 0 Å². The van der Waals surface area contributed by atoms with Gasteiger partial charge in [-0.15, -0.1) is 0 Å². The second-order valence-electron chi connectivity index (χ2n) is 5.05. The van der Waals surface area contributed by atoms with Gasteiger partial charge in [-0.2, -0.15) is 0 Å². The molecule has 0 atom stereocenters. The summed E-state index contributed by atoms with van der Waals surface area (Å²) >= 11 is 0. The van der Waals surface area contributed by atoms with Gasteiger partial charge in [-0.1, -0.05) is 12.1 Å². The molecule has 1 aromatic carbocycles.